The molecule has 0 aliphatic rings. The molecule has 134 valence electrons. The SMILES string of the molecule is COC(=O)c1ccc2c(c1)nc(-c1ccc(N)cc1)n2-c1ccc(F)cc1. The largest absolute Gasteiger partial charge is 0.465 e. The van der Waals surface area contributed by atoms with Crippen LogP contribution in [0, 0.1) is 5.82 Å². The number of benzene rings is 3. The molecule has 0 unspecified atom stereocenters. The van der Waals surface area contributed by atoms with E-state index in [0.717, 1.165) is 16.8 Å². The molecular formula is C21H16FN3O2. The zero-order valence-electron chi connectivity index (χ0n) is 14.5. The molecule has 0 saturated heterocycles. The Kier molecular flexibility index (Phi) is 4.08. The Hall–Kier alpha value is -3.67. The average molecular weight is 361 g/mol. The van der Waals surface area contributed by atoms with Gasteiger partial charge in [0.2, 0.25) is 0 Å². The van der Waals surface area contributed by atoms with Gasteiger partial charge in [-0.05, 0) is 66.7 Å². The number of ether oxygens (including phenoxy) is 1. The van der Waals surface area contributed by atoms with Crippen LogP contribution in [0.3, 0.4) is 0 Å². The molecule has 4 aromatic rings. The van der Waals surface area contributed by atoms with E-state index in [9.17, 15) is 9.18 Å². The number of imidazole rings is 1. The van der Waals surface area contributed by atoms with Gasteiger partial charge in [-0.25, -0.2) is 14.2 Å². The maximum Gasteiger partial charge on any atom is 0.337 e. The van der Waals surface area contributed by atoms with Crippen LogP contribution in [0.2, 0.25) is 0 Å². The number of nitrogens with zero attached hydrogens (tertiary/aromatic N) is 2. The van der Waals surface area contributed by atoms with E-state index in [2.05, 4.69) is 0 Å². The Morgan fingerprint density at radius 3 is 2.41 bits per heavy atom. The first kappa shape index (κ1) is 16.8. The van der Waals surface area contributed by atoms with Crippen molar-refractivity contribution in [3.8, 4) is 17.1 Å². The van der Waals surface area contributed by atoms with Gasteiger partial charge < -0.3 is 10.5 Å². The lowest BCUT2D eigenvalue weighted by atomic mass is 10.2. The first-order valence-corrected chi connectivity index (χ1v) is 8.29. The van der Waals surface area contributed by atoms with Gasteiger partial charge in [0.25, 0.3) is 0 Å². The summed E-state index contributed by atoms with van der Waals surface area (Å²) >= 11 is 0. The predicted molar refractivity (Wildman–Crippen MR) is 102 cm³/mol. The van der Waals surface area contributed by atoms with E-state index in [1.807, 2.05) is 16.7 Å². The third-order valence-corrected chi connectivity index (χ3v) is 4.33. The molecule has 4 rings (SSSR count). The Labute approximate surface area is 154 Å². The molecule has 2 N–H and O–H groups in total. The first-order chi connectivity index (χ1) is 13.1. The van der Waals surface area contributed by atoms with Crippen LogP contribution >= 0.6 is 0 Å². The fourth-order valence-corrected chi connectivity index (χ4v) is 3.00. The summed E-state index contributed by atoms with van der Waals surface area (Å²) in [5, 5.41) is 0. The number of carbonyl (C=O) groups excluding carboxylic acids is 1. The van der Waals surface area contributed by atoms with Crippen molar-refractivity contribution >= 4 is 22.7 Å². The number of carbonyl (C=O) groups is 1. The number of halogens is 1. The highest BCUT2D eigenvalue weighted by Gasteiger charge is 2.16. The third kappa shape index (κ3) is 3.01. The molecule has 1 aromatic heterocycles. The molecular weight excluding hydrogens is 345 g/mol. The van der Waals surface area contributed by atoms with E-state index < -0.39 is 5.97 Å². The molecule has 0 fully saturated rings. The van der Waals surface area contributed by atoms with Gasteiger partial charge in [0.15, 0.2) is 0 Å². The Bertz CT molecular complexity index is 1130. The molecule has 0 amide bonds. The zero-order chi connectivity index (χ0) is 19.0. The van der Waals surface area contributed by atoms with E-state index in [-0.39, 0.29) is 5.82 Å². The summed E-state index contributed by atoms with van der Waals surface area (Å²) in [4.78, 5) is 16.6. The molecule has 0 aliphatic heterocycles. The Morgan fingerprint density at radius 2 is 1.74 bits per heavy atom. The number of nitrogens with two attached hydrogens (primary N) is 1. The Balaban J connectivity index is 1.99. The highest BCUT2D eigenvalue weighted by Crippen LogP contribution is 2.30. The summed E-state index contributed by atoms with van der Waals surface area (Å²) in [7, 11) is 1.34. The predicted octanol–water partition coefficient (Wildman–Crippen LogP) is 4.20. The smallest absolute Gasteiger partial charge is 0.337 e. The average Bonchev–Trinajstić information content (AvgIpc) is 3.07. The lowest BCUT2D eigenvalue weighted by Crippen LogP contribution is -2.01. The van der Waals surface area contributed by atoms with E-state index in [4.69, 9.17) is 15.5 Å². The van der Waals surface area contributed by atoms with Crippen molar-refractivity contribution in [2.24, 2.45) is 0 Å². The van der Waals surface area contributed by atoms with Gasteiger partial charge in [-0.15, -0.1) is 0 Å². The van der Waals surface area contributed by atoms with E-state index in [0.29, 0.717) is 22.6 Å². The molecule has 27 heavy (non-hydrogen) atoms. The van der Waals surface area contributed by atoms with Crippen molar-refractivity contribution < 1.29 is 13.9 Å². The van der Waals surface area contributed by atoms with Crippen LogP contribution in [-0.4, -0.2) is 22.6 Å². The van der Waals surface area contributed by atoms with Crippen molar-refractivity contribution in [3.05, 3.63) is 78.1 Å². The van der Waals surface area contributed by atoms with Crippen LogP contribution in [0.1, 0.15) is 10.4 Å². The fourth-order valence-electron chi connectivity index (χ4n) is 3.00. The summed E-state index contributed by atoms with van der Waals surface area (Å²) in [5.41, 5.74) is 9.90. The second-order valence-corrected chi connectivity index (χ2v) is 6.06. The van der Waals surface area contributed by atoms with Gasteiger partial charge in [0, 0.05) is 16.9 Å². The number of fused-ring (bicyclic) bond motifs is 1. The minimum absolute atomic E-state index is 0.315. The van der Waals surface area contributed by atoms with Crippen molar-refractivity contribution in [1.29, 1.82) is 0 Å². The molecule has 5 nitrogen and oxygen atoms in total. The number of methoxy groups -OCH3 is 1. The second-order valence-electron chi connectivity index (χ2n) is 6.06. The van der Waals surface area contributed by atoms with E-state index >= 15 is 0 Å². The Morgan fingerprint density at radius 1 is 1.04 bits per heavy atom. The van der Waals surface area contributed by atoms with Crippen molar-refractivity contribution in [3.63, 3.8) is 0 Å². The lowest BCUT2D eigenvalue weighted by Gasteiger charge is -2.10. The molecule has 0 bridgehead atoms. The number of nitrogen functional groups attached to an aromatic ring is 1. The van der Waals surface area contributed by atoms with Gasteiger partial charge in [-0.1, -0.05) is 0 Å². The summed E-state index contributed by atoms with van der Waals surface area (Å²) in [6.07, 6.45) is 0. The first-order valence-electron chi connectivity index (χ1n) is 8.29. The van der Waals surface area contributed by atoms with Crippen LogP contribution in [0.15, 0.2) is 66.7 Å². The van der Waals surface area contributed by atoms with Crippen molar-refractivity contribution in [2.45, 2.75) is 0 Å². The number of esters is 1. The van der Waals surface area contributed by atoms with Crippen LogP contribution in [0.5, 0.6) is 0 Å². The maximum absolute atomic E-state index is 13.4. The van der Waals surface area contributed by atoms with Crippen LogP contribution in [-0.2, 0) is 4.74 Å². The number of aromatic nitrogens is 2. The second kappa shape index (κ2) is 6.57. The monoisotopic (exact) mass is 361 g/mol. The van der Waals surface area contributed by atoms with Crippen molar-refractivity contribution in [2.75, 3.05) is 12.8 Å². The third-order valence-electron chi connectivity index (χ3n) is 4.33. The molecule has 0 radical (unpaired) electrons. The quantitative estimate of drug-likeness (QED) is 0.439. The topological polar surface area (TPSA) is 70.1 Å². The maximum atomic E-state index is 13.4. The molecule has 0 spiro atoms. The molecule has 0 aliphatic carbocycles. The number of hydrogen-bond acceptors (Lipinski definition) is 4. The highest BCUT2D eigenvalue weighted by molar-refractivity contribution is 5.95. The summed E-state index contributed by atoms with van der Waals surface area (Å²) in [6, 6.07) is 18.7. The molecule has 6 heteroatoms. The van der Waals surface area contributed by atoms with Gasteiger partial charge in [-0.3, -0.25) is 4.57 Å². The van der Waals surface area contributed by atoms with E-state index in [1.165, 1.54) is 19.2 Å². The normalized spacial score (nSPS) is 10.9. The van der Waals surface area contributed by atoms with Crippen molar-refractivity contribution in [1.82, 2.24) is 9.55 Å². The molecule has 0 atom stereocenters. The van der Waals surface area contributed by atoms with Gasteiger partial charge in [0.1, 0.15) is 11.6 Å². The summed E-state index contributed by atoms with van der Waals surface area (Å²) in [6.45, 7) is 0. The minimum Gasteiger partial charge on any atom is -0.465 e. The summed E-state index contributed by atoms with van der Waals surface area (Å²) < 4.78 is 20.1. The summed E-state index contributed by atoms with van der Waals surface area (Å²) in [5.74, 6) is -0.0777. The minimum atomic E-state index is -0.428. The fraction of sp³-hybridized carbons (Fsp3) is 0.0476. The van der Waals surface area contributed by atoms with Gasteiger partial charge in [-0.2, -0.15) is 0 Å². The number of rotatable bonds is 3. The standard InChI is InChI=1S/C21H16FN3O2/c1-27-21(26)14-4-11-19-18(12-14)24-20(13-2-7-16(23)8-3-13)25(19)17-9-5-15(22)6-10-17/h2-12H,23H2,1H3. The lowest BCUT2D eigenvalue weighted by molar-refractivity contribution is 0.0601. The number of anilines is 1. The molecule has 0 saturated carbocycles. The number of hydrogen-bond donors (Lipinski definition) is 1. The van der Waals surface area contributed by atoms with Crippen LogP contribution in [0.25, 0.3) is 28.1 Å². The highest BCUT2D eigenvalue weighted by atomic mass is 19.1. The van der Waals surface area contributed by atoms with Crippen LogP contribution in [0.4, 0.5) is 10.1 Å². The molecule has 1 heterocycles. The van der Waals surface area contributed by atoms with E-state index in [1.54, 1.807) is 42.5 Å². The van der Waals surface area contributed by atoms with Crippen LogP contribution < -0.4 is 5.73 Å². The zero-order valence-corrected chi connectivity index (χ0v) is 14.5. The van der Waals surface area contributed by atoms with Gasteiger partial charge >= 0.3 is 5.97 Å². The molecule has 3 aromatic carbocycles. The van der Waals surface area contributed by atoms with Gasteiger partial charge in [0.05, 0.1) is 23.7 Å².